The summed E-state index contributed by atoms with van der Waals surface area (Å²) in [6.45, 7) is 0.173. The van der Waals surface area contributed by atoms with Gasteiger partial charge in [-0.2, -0.15) is 8.78 Å². The Morgan fingerprint density at radius 3 is 2.28 bits per heavy atom. The number of rotatable bonds is 7. The van der Waals surface area contributed by atoms with E-state index in [9.17, 15) is 18.4 Å². The topological polar surface area (TPSA) is 58.2 Å². The molecule has 2 aromatic carbocycles. The van der Waals surface area contributed by atoms with Crippen molar-refractivity contribution in [2.75, 3.05) is 11.9 Å². The second-order valence-electron chi connectivity index (χ2n) is 4.96. The summed E-state index contributed by atoms with van der Waals surface area (Å²) in [6.07, 6.45) is 0.0901. The molecule has 0 unspecified atom stereocenters. The third-order valence-electron chi connectivity index (χ3n) is 3.11. The zero-order chi connectivity index (χ0) is 18.2. The number of halogens is 3. The van der Waals surface area contributed by atoms with E-state index in [0.29, 0.717) is 32.9 Å². The number of hydrogen-bond donors (Lipinski definition) is 2. The normalized spacial score (nSPS) is 10.6. The molecular formula is C17H15ClF2N2O2S. The van der Waals surface area contributed by atoms with Crippen LogP contribution in [0.2, 0.25) is 5.02 Å². The second-order valence-corrected chi connectivity index (χ2v) is 6.46. The molecule has 0 atom stereocenters. The Kier molecular flexibility index (Phi) is 7.21. The van der Waals surface area contributed by atoms with Crippen molar-refractivity contribution in [1.29, 1.82) is 0 Å². The first-order chi connectivity index (χ1) is 11.9. The molecule has 2 amide bonds. The summed E-state index contributed by atoms with van der Waals surface area (Å²) in [5, 5.41) is 5.81. The molecule has 0 aromatic heterocycles. The molecule has 25 heavy (non-hydrogen) atoms. The second kappa shape index (κ2) is 9.39. The Morgan fingerprint density at radius 1 is 1.04 bits per heavy atom. The van der Waals surface area contributed by atoms with Crippen molar-refractivity contribution in [1.82, 2.24) is 5.32 Å². The number of thioether (sulfide) groups is 1. The lowest BCUT2D eigenvalue weighted by molar-refractivity contribution is -0.116. The summed E-state index contributed by atoms with van der Waals surface area (Å²) < 4.78 is 24.5. The van der Waals surface area contributed by atoms with E-state index in [2.05, 4.69) is 10.6 Å². The van der Waals surface area contributed by atoms with Crippen LogP contribution in [0.3, 0.4) is 0 Å². The van der Waals surface area contributed by atoms with Gasteiger partial charge in [-0.05, 0) is 48.5 Å². The summed E-state index contributed by atoms with van der Waals surface area (Å²) in [5.41, 5.74) is 0.963. The van der Waals surface area contributed by atoms with E-state index in [0.717, 1.165) is 0 Å². The molecule has 0 aliphatic rings. The lowest BCUT2D eigenvalue weighted by Crippen LogP contribution is -2.27. The van der Waals surface area contributed by atoms with Gasteiger partial charge in [0.1, 0.15) is 0 Å². The molecule has 0 radical (unpaired) electrons. The molecule has 4 nitrogen and oxygen atoms in total. The fourth-order valence-electron chi connectivity index (χ4n) is 1.94. The highest BCUT2D eigenvalue weighted by Crippen LogP contribution is 2.26. The Bertz CT molecular complexity index is 724. The van der Waals surface area contributed by atoms with Crippen LogP contribution in [0.25, 0.3) is 0 Å². The number of carbonyl (C=O) groups excluding carboxylic acids is 2. The van der Waals surface area contributed by atoms with Crippen molar-refractivity contribution in [3.63, 3.8) is 0 Å². The van der Waals surface area contributed by atoms with Gasteiger partial charge in [0.25, 0.3) is 11.7 Å². The van der Waals surface area contributed by atoms with E-state index in [-0.39, 0.29) is 24.8 Å². The number of hydrogen-bond acceptors (Lipinski definition) is 3. The fourth-order valence-corrected chi connectivity index (χ4v) is 2.56. The number of anilines is 1. The van der Waals surface area contributed by atoms with Gasteiger partial charge in [-0.25, -0.2) is 0 Å². The number of benzene rings is 2. The standard InChI is InChI=1S/C17H15ClF2N2O2S/c18-12-3-1-11(2-4-12)16(24)21-10-9-15(23)22-13-5-7-14(8-6-13)25-17(19)20/h1-8,17H,9-10H2,(H,21,24)(H,22,23). The van der Waals surface area contributed by atoms with E-state index in [1.807, 2.05) is 0 Å². The van der Waals surface area contributed by atoms with Gasteiger partial charge in [0.05, 0.1) is 0 Å². The highest BCUT2D eigenvalue weighted by molar-refractivity contribution is 7.99. The lowest BCUT2D eigenvalue weighted by Gasteiger charge is -2.08. The molecule has 0 aliphatic heterocycles. The van der Waals surface area contributed by atoms with Crippen LogP contribution in [0, 0.1) is 0 Å². The van der Waals surface area contributed by atoms with Gasteiger partial charge in [0.15, 0.2) is 0 Å². The molecule has 2 N–H and O–H groups in total. The maximum atomic E-state index is 12.2. The lowest BCUT2D eigenvalue weighted by atomic mass is 10.2. The Hall–Kier alpha value is -2.12. The minimum Gasteiger partial charge on any atom is -0.352 e. The van der Waals surface area contributed by atoms with Gasteiger partial charge in [-0.15, -0.1) is 0 Å². The fraction of sp³-hybridized carbons (Fsp3) is 0.176. The minimum absolute atomic E-state index is 0.0901. The first-order valence-corrected chi connectivity index (χ1v) is 8.58. The number of carbonyl (C=O) groups is 2. The van der Waals surface area contributed by atoms with Crippen LogP contribution >= 0.6 is 23.4 Å². The highest BCUT2D eigenvalue weighted by atomic mass is 35.5. The third-order valence-corrected chi connectivity index (χ3v) is 4.08. The molecule has 0 heterocycles. The van der Waals surface area contributed by atoms with Crippen molar-refractivity contribution in [3.8, 4) is 0 Å². The van der Waals surface area contributed by atoms with Gasteiger partial charge < -0.3 is 10.6 Å². The maximum absolute atomic E-state index is 12.2. The van der Waals surface area contributed by atoms with Crippen molar-refractivity contribution in [2.24, 2.45) is 0 Å². The number of alkyl halides is 2. The summed E-state index contributed by atoms with van der Waals surface area (Å²) in [5.74, 6) is -3.06. The maximum Gasteiger partial charge on any atom is 0.288 e. The summed E-state index contributed by atoms with van der Waals surface area (Å²) in [7, 11) is 0. The average Bonchev–Trinajstić information content (AvgIpc) is 2.56. The molecule has 132 valence electrons. The number of nitrogens with one attached hydrogen (secondary N) is 2. The predicted octanol–water partition coefficient (Wildman–Crippen LogP) is 4.41. The SMILES string of the molecule is O=C(CCNC(=O)c1ccc(Cl)cc1)Nc1ccc(SC(F)F)cc1. The van der Waals surface area contributed by atoms with Gasteiger partial charge in [0, 0.05) is 34.1 Å². The van der Waals surface area contributed by atoms with Crippen LogP contribution in [-0.4, -0.2) is 24.1 Å². The Labute approximate surface area is 152 Å². The summed E-state index contributed by atoms with van der Waals surface area (Å²) in [4.78, 5) is 24.1. The molecular weight excluding hydrogens is 370 g/mol. The van der Waals surface area contributed by atoms with Crippen LogP contribution in [0.4, 0.5) is 14.5 Å². The zero-order valence-electron chi connectivity index (χ0n) is 13.0. The molecule has 0 saturated carbocycles. The highest BCUT2D eigenvalue weighted by Gasteiger charge is 2.08. The third kappa shape index (κ3) is 6.72. The van der Waals surface area contributed by atoms with Gasteiger partial charge in [-0.1, -0.05) is 23.4 Å². The van der Waals surface area contributed by atoms with Crippen molar-refractivity contribution >= 4 is 40.9 Å². The molecule has 0 fully saturated rings. The first-order valence-electron chi connectivity index (χ1n) is 7.32. The van der Waals surface area contributed by atoms with E-state index in [1.54, 1.807) is 36.4 Å². The Balaban J connectivity index is 1.75. The van der Waals surface area contributed by atoms with Crippen LogP contribution < -0.4 is 10.6 Å². The van der Waals surface area contributed by atoms with E-state index in [4.69, 9.17) is 11.6 Å². The first kappa shape index (κ1) is 19.2. The Morgan fingerprint density at radius 2 is 1.68 bits per heavy atom. The molecule has 0 spiro atoms. The summed E-state index contributed by atoms with van der Waals surface area (Å²) >= 11 is 6.19. The van der Waals surface area contributed by atoms with E-state index < -0.39 is 5.76 Å². The molecule has 2 rings (SSSR count). The molecule has 2 aromatic rings. The van der Waals surface area contributed by atoms with Crippen LogP contribution in [0.5, 0.6) is 0 Å². The average molecular weight is 385 g/mol. The molecule has 0 bridgehead atoms. The smallest absolute Gasteiger partial charge is 0.288 e. The van der Waals surface area contributed by atoms with Crippen molar-refractivity contribution in [3.05, 3.63) is 59.1 Å². The largest absolute Gasteiger partial charge is 0.352 e. The quantitative estimate of drug-likeness (QED) is 0.695. The van der Waals surface area contributed by atoms with Crippen LogP contribution in [-0.2, 0) is 4.79 Å². The van der Waals surface area contributed by atoms with Crippen LogP contribution in [0.15, 0.2) is 53.4 Å². The van der Waals surface area contributed by atoms with Crippen LogP contribution in [0.1, 0.15) is 16.8 Å². The van der Waals surface area contributed by atoms with Gasteiger partial charge in [-0.3, -0.25) is 9.59 Å². The zero-order valence-corrected chi connectivity index (χ0v) is 14.5. The monoisotopic (exact) mass is 384 g/mol. The van der Waals surface area contributed by atoms with Gasteiger partial charge in [0.2, 0.25) is 5.91 Å². The van der Waals surface area contributed by atoms with Gasteiger partial charge >= 0.3 is 0 Å². The molecule has 0 saturated heterocycles. The molecule has 8 heteroatoms. The number of amides is 2. The molecule has 0 aliphatic carbocycles. The predicted molar refractivity (Wildman–Crippen MR) is 95.3 cm³/mol. The van der Waals surface area contributed by atoms with Crippen molar-refractivity contribution in [2.45, 2.75) is 17.1 Å². The van der Waals surface area contributed by atoms with Crippen molar-refractivity contribution < 1.29 is 18.4 Å². The summed E-state index contributed by atoms with van der Waals surface area (Å²) in [6, 6.07) is 12.5. The van der Waals surface area contributed by atoms with E-state index in [1.165, 1.54) is 12.1 Å². The van der Waals surface area contributed by atoms with E-state index >= 15 is 0 Å². The minimum atomic E-state index is -2.48.